The van der Waals surface area contributed by atoms with E-state index in [0.29, 0.717) is 20.8 Å². The van der Waals surface area contributed by atoms with Crippen LogP contribution in [0, 0.1) is 0 Å². The van der Waals surface area contributed by atoms with Gasteiger partial charge in [-0.25, -0.2) is 0 Å². The average Bonchev–Trinajstić information content (AvgIpc) is 2.84. The van der Waals surface area contributed by atoms with Gasteiger partial charge in [0, 0.05) is 5.02 Å². The van der Waals surface area contributed by atoms with Crippen LogP contribution in [0.4, 0.5) is 5.69 Å². The Kier molecular flexibility index (Phi) is 6.33. The fraction of sp³-hybridized carbons (Fsp3) is 0. The van der Waals surface area contributed by atoms with Crippen molar-refractivity contribution in [1.82, 2.24) is 0 Å². The van der Waals surface area contributed by atoms with Crippen molar-refractivity contribution >= 4 is 46.2 Å². The van der Waals surface area contributed by atoms with Gasteiger partial charge in [-0.15, -0.1) is 0 Å². The van der Waals surface area contributed by atoms with E-state index < -0.39 is 0 Å². The molecule has 0 bridgehead atoms. The van der Waals surface area contributed by atoms with Crippen molar-refractivity contribution < 1.29 is 39.5 Å². The third-order valence-corrected chi connectivity index (χ3v) is 3.98. The Morgan fingerprint density at radius 1 is 1.09 bits per heavy atom. The maximum absolute atomic E-state index is 11.9. The number of nitrogens with zero attached hydrogens (tertiary/aromatic N) is 2. The number of carbonyl (C=O) groups excluding carboxylic acids is 1. The molecule has 0 aromatic heterocycles. The van der Waals surface area contributed by atoms with E-state index in [0.717, 1.165) is 5.56 Å². The number of amidine groups is 1. The zero-order valence-electron chi connectivity index (χ0n) is 12.2. The van der Waals surface area contributed by atoms with Crippen molar-refractivity contribution in [2.24, 2.45) is 4.99 Å². The molecular formula is C16H10ClN2NaO2S. The number of hydrogen-bond donors (Lipinski definition) is 1. The summed E-state index contributed by atoms with van der Waals surface area (Å²) in [6.07, 6.45) is 1.76. The summed E-state index contributed by atoms with van der Waals surface area (Å²) < 4.78 is 0. The molecular weight excluding hydrogens is 343 g/mol. The molecule has 2 aromatic carbocycles. The van der Waals surface area contributed by atoms with Crippen molar-refractivity contribution in [2.45, 2.75) is 0 Å². The van der Waals surface area contributed by atoms with Crippen LogP contribution in [-0.2, 0) is 4.79 Å². The standard InChI is InChI=1S/C16H11ClN2O2S.Na/c17-11-3-1-10(2-4-11)9-14-15(21)19-16(22-14)18-12-5-7-13(20)8-6-12;/h1-9H,(H2,18,19,20,21);/q;+1/p-1. The minimum atomic E-state index is -0.308. The van der Waals surface area contributed by atoms with E-state index in [1.165, 1.54) is 23.9 Å². The quantitative estimate of drug-likeness (QED) is 0.661. The molecule has 0 atom stereocenters. The Balaban J connectivity index is 0.00000192. The van der Waals surface area contributed by atoms with Gasteiger partial charge >= 0.3 is 29.6 Å². The van der Waals surface area contributed by atoms with E-state index in [1.807, 2.05) is 12.1 Å². The molecule has 4 nitrogen and oxygen atoms in total. The number of aromatic hydroxyl groups is 1. The zero-order valence-corrected chi connectivity index (χ0v) is 15.8. The van der Waals surface area contributed by atoms with E-state index in [2.05, 4.69) is 10.3 Å². The van der Waals surface area contributed by atoms with Gasteiger partial charge in [0.2, 0.25) is 0 Å². The van der Waals surface area contributed by atoms with Gasteiger partial charge in [0.15, 0.2) is 5.91 Å². The van der Waals surface area contributed by atoms with E-state index in [4.69, 9.17) is 11.6 Å². The number of benzene rings is 2. The molecule has 1 heterocycles. The van der Waals surface area contributed by atoms with Crippen LogP contribution in [0.2, 0.25) is 5.02 Å². The van der Waals surface area contributed by atoms with Gasteiger partial charge < -0.3 is 15.4 Å². The summed E-state index contributed by atoms with van der Waals surface area (Å²) in [5.74, 6) is -0.142. The predicted molar refractivity (Wildman–Crippen MR) is 90.6 cm³/mol. The van der Waals surface area contributed by atoms with Crippen LogP contribution >= 0.6 is 23.4 Å². The second-order valence-corrected chi connectivity index (χ2v) is 5.94. The van der Waals surface area contributed by atoms with Gasteiger partial charge in [-0.2, -0.15) is 0 Å². The molecule has 0 radical (unpaired) electrons. The second-order valence-electron chi connectivity index (χ2n) is 4.49. The first-order valence-electron chi connectivity index (χ1n) is 6.39. The van der Waals surface area contributed by atoms with Crippen LogP contribution in [-0.4, -0.2) is 16.2 Å². The van der Waals surface area contributed by atoms with Crippen LogP contribution in [0.3, 0.4) is 0 Å². The molecule has 0 aliphatic carbocycles. The molecule has 0 saturated carbocycles. The van der Waals surface area contributed by atoms with Crippen LogP contribution in [0.25, 0.3) is 11.4 Å². The number of hydrogen-bond acceptors (Lipinski definition) is 4. The monoisotopic (exact) mass is 352 g/mol. The maximum Gasteiger partial charge on any atom is 1.00 e. The zero-order chi connectivity index (χ0) is 15.5. The van der Waals surface area contributed by atoms with E-state index in [-0.39, 0.29) is 41.2 Å². The molecule has 110 valence electrons. The number of phenols is 1. The number of thioether (sulfide) groups is 1. The first kappa shape index (κ1) is 18.1. The molecule has 1 amide bonds. The third kappa shape index (κ3) is 4.86. The molecule has 1 saturated heterocycles. The second kappa shape index (κ2) is 8.04. The minimum Gasteiger partial charge on any atom is -0.508 e. The summed E-state index contributed by atoms with van der Waals surface area (Å²) in [6.45, 7) is 0. The van der Waals surface area contributed by atoms with Gasteiger partial charge in [-0.3, -0.25) is 4.79 Å². The molecule has 3 rings (SSSR count). The molecule has 2 aromatic rings. The Bertz CT molecular complexity index is 774. The first-order valence-corrected chi connectivity index (χ1v) is 7.58. The number of amides is 1. The van der Waals surface area contributed by atoms with Crippen LogP contribution in [0.1, 0.15) is 5.56 Å². The van der Waals surface area contributed by atoms with Crippen LogP contribution < -0.4 is 29.6 Å². The largest absolute Gasteiger partial charge is 1.00 e. The summed E-state index contributed by atoms with van der Waals surface area (Å²) in [4.78, 5) is 16.7. The van der Waals surface area contributed by atoms with Gasteiger partial charge in [0.25, 0.3) is 0 Å². The van der Waals surface area contributed by atoms with Crippen molar-refractivity contribution in [2.75, 3.05) is 0 Å². The van der Waals surface area contributed by atoms with Gasteiger partial charge in [0.05, 0.1) is 4.91 Å². The number of phenolic OH excluding ortho intramolecular Hbond substituents is 1. The number of aliphatic imine (C=N–C) groups is 1. The first-order chi connectivity index (χ1) is 10.6. The smallest absolute Gasteiger partial charge is 0.508 e. The van der Waals surface area contributed by atoms with Gasteiger partial charge in [0.1, 0.15) is 5.75 Å². The molecule has 1 N–H and O–H groups in total. The van der Waals surface area contributed by atoms with Crippen molar-refractivity contribution in [1.29, 1.82) is 0 Å². The molecule has 23 heavy (non-hydrogen) atoms. The predicted octanol–water partition coefficient (Wildman–Crippen LogP) is 1.73. The third-order valence-electron chi connectivity index (χ3n) is 2.85. The molecule has 0 unspecified atom stereocenters. The van der Waals surface area contributed by atoms with Gasteiger partial charge in [-0.1, -0.05) is 47.6 Å². The fourth-order valence-corrected chi connectivity index (χ4v) is 2.72. The Morgan fingerprint density at radius 3 is 2.39 bits per heavy atom. The minimum absolute atomic E-state index is 0. The molecule has 1 aliphatic rings. The number of rotatable bonds is 2. The van der Waals surface area contributed by atoms with E-state index >= 15 is 0 Å². The Morgan fingerprint density at radius 2 is 1.74 bits per heavy atom. The number of carbonyl (C=O) groups is 1. The van der Waals surface area contributed by atoms with Crippen LogP contribution in [0.5, 0.6) is 5.75 Å². The summed E-state index contributed by atoms with van der Waals surface area (Å²) in [7, 11) is 0. The SMILES string of the molecule is O=C1[N-]C(=Nc2ccc(O)cc2)SC1=Cc1ccc(Cl)cc1.[Na+]. The van der Waals surface area contributed by atoms with Crippen molar-refractivity contribution in [3.05, 3.63) is 69.3 Å². The average molecular weight is 353 g/mol. The summed E-state index contributed by atoms with van der Waals surface area (Å²) in [6, 6.07) is 13.6. The summed E-state index contributed by atoms with van der Waals surface area (Å²) in [5, 5.41) is 14.2. The molecule has 7 heteroatoms. The normalized spacial score (nSPS) is 17.2. The Labute approximate surface area is 164 Å². The molecule has 0 spiro atoms. The van der Waals surface area contributed by atoms with Crippen molar-refractivity contribution in [3.63, 3.8) is 0 Å². The van der Waals surface area contributed by atoms with E-state index in [1.54, 1.807) is 30.3 Å². The van der Waals surface area contributed by atoms with Gasteiger partial charge in [-0.05, 0) is 46.8 Å². The number of halogens is 1. The van der Waals surface area contributed by atoms with Crippen molar-refractivity contribution in [3.8, 4) is 5.75 Å². The summed E-state index contributed by atoms with van der Waals surface area (Å²) in [5.41, 5.74) is 1.51. The fourth-order valence-electron chi connectivity index (χ4n) is 1.79. The molecule has 1 fully saturated rings. The molecule has 1 aliphatic heterocycles. The summed E-state index contributed by atoms with van der Waals surface area (Å²) >= 11 is 7.05. The Hall–Kier alpha value is -1.24. The maximum atomic E-state index is 11.9. The topological polar surface area (TPSA) is 63.8 Å². The van der Waals surface area contributed by atoms with E-state index in [9.17, 15) is 9.90 Å². The van der Waals surface area contributed by atoms with Crippen LogP contribution in [0.15, 0.2) is 58.4 Å².